The third-order valence-electron chi connectivity index (χ3n) is 2.30. The molecule has 2 aromatic rings. The molecule has 0 saturated heterocycles. The van der Waals surface area contributed by atoms with Gasteiger partial charge in [0.05, 0.1) is 7.05 Å². The maximum absolute atomic E-state index is 4.00. The van der Waals surface area contributed by atoms with Crippen molar-refractivity contribution in [1.29, 1.82) is 0 Å². The molecule has 0 spiro atoms. The van der Waals surface area contributed by atoms with Gasteiger partial charge in [0.25, 0.3) is 0 Å². The zero-order chi connectivity index (χ0) is 9.97. The summed E-state index contributed by atoms with van der Waals surface area (Å²) in [6.45, 7) is 4.89. The summed E-state index contributed by atoms with van der Waals surface area (Å²) >= 11 is 0. The van der Waals surface area contributed by atoms with Gasteiger partial charge in [-0.2, -0.15) is 0 Å². The Labute approximate surface area is 84.4 Å². The van der Waals surface area contributed by atoms with Crippen molar-refractivity contribution < 1.29 is 4.57 Å². The van der Waals surface area contributed by atoms with E-state index in [9.17, 15) is 0 Å². The molecule has 0 N–H and O–H groups in total. The molecule has 0 atom stereocenters. The molecule has 1 radical (unpaired) electrons. The summed E-state index contributed by atoms with van der Waals surface area (Å²) in [4.78, 5) is 0. The van der Waals surface area contributed by atoms with Gasteiger partial charge in [-0.1, -0.05) is 24.3 Å². The SMILES string of the molecule is [CH2]c1ccccc1C[n+]1ccn(C)c1. The Morgan fingerprint density at radius 1 is 1.36 bits per heavy atom. The van der Waals surface area contributed by atoms with Gasteiger partial charge in [-0.05, 0) is 18.1 Å². The Morgan fingerprint density at radius 2 is 2.14 bits per heavy atom. The van der Waals surface area contributed by atoms with E-state index in [1.165, 1.54) is 5.56 Å². The third-order valence-corrected chi connectivity index (χ3v) is 2.30. The Bertz CT molecular complexity index is 429. The number of nitrogens with zero attached hydrogens (tertiary/aromatic N) is 2. The van der Waals surface area contributed by atoms with E-state index in [0.717, 1.165) is 12.1 Å². The smallest absolute Gasteiger partial charge is 0.240 e. The fourth-order valence-corrected chi connectivity index (χ4v) is 1.50. The zero-order valence-electron chi connectivity index (χ0n) is 8.35. The molecule has 71 valence electrons. The maximum Gasteiger partial charge on any atom is 0.243 e. The zero-order valence-corrected chi connectivity index (χ0v) is 8.35. The van der Waals surface area contributed by atoms with E-state index in [1.807, 2.05) is 36.0 Å². The first kappa shape index (κ1) is 9.00. The number of hydrogen-bond acceptors (Lipinski definition) is 0. The molecular formula is C12H14N2+. The average Bonchev–Trinajstić information content (AvgIpc) is 2.56. The van der Waals surface area contributed by atoms with Crippen molar-refractivity contribution >= 4 is 0 Å². The number of rotatable bonds is 2. The number of hydrogen-bond donors (Lipinski definition) is 0. The van der Waals surface area contributed by atoms with Crippen LogP contribution in [0.15, 0.2) is 43.0 Å². The number of aromatic nitrogens is 2. The van der Waals surface area contributed by atoms with Gasteiger partial charge in [0.2, 0.25) is 6.33 Å². The maximum atomic E-state index is 4.00. The molecule has 2 nitrogen and oxygen atoms in total. The van der Waals surface area contributed by atoms with Gasteiger partial charge in [0, 0.05) is 0 Å². The summed E-state index contributed by atoms with van der Waals surface area (Å²) in [5.74, 6) is 0. The highest BCUT2D eigenvalue weighted by molar-refractivity contribution is 5.28. The topological polar surface area (TPSA) is 8.81 Å². The van der Waals surface area contributed by atoms with Crippen LogP contribution in [-0.2, 0) is 13.6 Å². The fraction of sp³-hybridized carbons (Fsp3) is 0.167. The minimum atomic E-state index is 0.889. The van der Waals surface area contributed by atoms with Crippen LogP contribution in [0.25, 0.3) is 0 Å². The lowest BCUT2D eigenvalue weighted by molar-refractivity contribution is -0.687. The van der Waals surface area contributed by atoms with Crippen molar-refractivity contribution in [2.24, 2.45) is 7.05 Å². The summed E-state index contributed by atoms with van der Waals surface area (Å²) in [7, 11) is 2.02. The summed E-state index contributed by atoms with van der Waals surface area (Å²) in [6.07, 6.45) is 6.16. The number of benzene rings is 1. The molecule has 14 heavy (non-hydrogen) atoms. The van der Waals surface area contributed by atoms with Crippen LogP contribution in [0.5, 0.6) is 0 Å². The summed E-state index contributed by atoms with van der Waals surface area (Å²) in [5.41, 5.74) is 2.37. The van der Waals surface area contributed by atoms with Crippen LogP contribution in [0.1, 0.15) is 11.1 Å². The molecule has 2 heteroatoms. The molecule has 0 aliphatic rings. The predicted molar refractivity (Wildman–Crippen MR) is 55.6 cm³/mol. The minimum absolute atomic E-state index is 0.889. The minimum Gasteiger partial charge on any atom is -0.240 e. The van der Waals surface area contributed by atoms with Crippen molar-refractivity contribution in [3.8, 4) is 0 Å². The van der Waals surface area contributed by atoms with Crippen LogP contribution in [0.3, 0.4) is 0 Å². The second-order valence-electron chi connectivity index (χ2n) is 3.52. The quantitative estimate of drug-likeness (QED) is 0.629. The van der Waals surface area contributed by atoms with Crippen molar-refractivity contribution in [3.05, 3.63) is 61.0 Å². The van der Waals surface area contributed by atoms with E-state index in [-0.39, 0.29) is 0 Å². The Morgan fingerprint density at radius 3 is 2.79 bits per heavy atom. The van der Waals surface area contributed by atoms with Gasteiger partial charge in [-0.25, -0.2) is 9.13 Å². The molecule has 1 aromatic heterocycles. The summed E-state index contributed by atoms with van der Waals surface area (Å²) in [6, 6.07) is 8.22. The number of aryl methyl sites for hydroxylation is 1. The van der Waals surface area contributed by atoms with Crippen LogP contribution in [0.2, 0.25) is 0 Å². The van der Waals surface area contributed by atoms with E-state index in [0.29, 0.717) is 0 Å². The molecule has 1 aromatic carbocycles. The molecular weight excluding hydrogens is 172 g/mol. The fourth-order valence-electron chi connectivity index (χ4n) is 1.50. The van der Waals surface area contributed by atoms with Crippen LogP contribution >= 0.6 is 0 Å². The highest BCUT2D eigenvalue weighted by atomic mass is 15.1. The van der Waals surface area contributed by atoms with Crippen molar-refractivity contribution in [2.45, 2.75) is 6.54 Å². The summed E-state index contributed by atoms with van der Waals surface area (Å²) in [5, 5.41) is 0. The molecule has 0 unspecified atom stereocenters. The van der Waals surface area contributed by atoms with Crippen molar-refractivity contribution in [2.75, 3.05) is 0 Å². The van der Waals surface area contributed by atoms with Gasteiger partial charge in [0.1, 0.15) is 18.9 Å². The third kappa shape index (κ3) is 1.84. The Hall–Kier alpha value is -1.57. The lowest BCUT2D eigenvalue weighted by Gasteiger charge is -2.01. The molecule has 0 saturated carbocycles. The van der Waals surface area contributed by atoms with Crippen molar-refractivity contribution in [3.63, 3.8) is 0 Å². The lowest BCUT2D eigenvalue weighted by Crippen LogP contribution is -2.31. The van der Waals surface area contributed by atoms with Crippen LogP contribution < -0.4 is 4.57 Å². The molecule has 0 bridgehead atoms. The second kappa shape index (κ2) is 3.66. The molecule has 0 aliphatic carbocycles. The molecule has 1 heterocycles. The Kier molecular flexibility index (Phi) is 2.35. The number of imidazole rings is 1. The molecule has 0 aliphatic heterocycles. The standard InChI is InChI=1S/C12H14N2/c1-11-5-3-4-6-12(11)9-14-8-7-13(2)10-14/h3-8,10H,1,9H2,2H3/q+1. The summed E-state index contributed by atoms with van der Waals surface area (Å²) < 4.78 is 4.18. The van der Waals surface area contributed by atoms with Gasteiger partial charge < -0.3 is 0 Å². The van der Waals surface area contributed by atoms with E-state index in [4.69, 9.17) is 0 Å². The van der Waals surface area contributed by atoms with E-state index < -0.39 is 0 Å². The van der Waals surface area contributed by atoms with E-state index in [2.05, 4.69) is 30.1 Å². The van der Waals surface area contributed by atoms with Gasteiger partial charge >= 0.3 is 0 Å². The molecule has 2 rings (SSSR count). The normalized spacial score (nSPS) is 10.4. The largest absolute Gasteiger partial charge is 0.243 e. The van der Waals surface area contributed by atoms with Crippen LogP contribution in [-0.4, -0.2) is 4.57 Å². The molecule has 0 fully saturated rings. The highest BCUT2D eigenvalue weighted by Gasteiger charge is 2.03. The predicted octanol–water partition coefficient (Wildman–Crippen LogP) is 1.54. The lowest BCUT2D eigenvalue weighted by atomic mass is 10.1. The van der Waals surface area contributed by atoms with E-state index >= 15 is 0 Å². The van der Waals surface area contributed by atoms with Crippen LogP contribution in [0.4, 0.5) is 0 Å². The monoisotopic (exact) mass is 186 g/mol. The van der Waals surface area contributed by atoms with Gasteiger partial charge in [0.15, 0.2) is 0 Å². The van der Waals surface area contributed by atoms with Gasteiger partial charge in [-0.15, -0.1) is 0 Å². The van der Waals surface area contributed by atoms with Gasteiger partial charge in [-0.3, -0.25) is 0 Å². The Balaban J connectivity index is 2.23. The van der Waals surface area contributed by atoms with E-state index in [1.54, 1.807) is 0 Å². The first-order chi connectivity index (χ1) is 6.75. The second-order valence-corrected chi connectivity index (χ2v) is 3.52. The van der Waals surface area contributed by atoms with Crippen LogP contribution in [0, 0.1) is 6.92 Å². The first-order valence-corrected chi connectivity index (χ1v) is 4.66. The molecule has 0 amide bonds. The first-order valence-electron chi connectivity index (χ1n) is 4.66. The average molecular weight is 186 g/mol. The van der Waals surface area contributed by atoms with Crippen molar-refractivity contribution in [1.82, 2.24) is 4.57 Å². The highest BCUT2D eigenvalue weighted by Crippen LogP contribution is 2.05.